The van der Waals surface area contributed by atoms with Crippen LogP contribution in [0, 0.1) is 6.92 Å². The molecule has 3 aromatic rings. The van der Waals surface area contributed by atoms with Gasteiger partial charge in [0.1, 0.15) is 18.1 Å². The van der Waals surface area contributed by atoms with Gasteiger partial charge in [-0.15, -0.1) is 10.2 Å². The zero-order valence-corrected chi connectivity index (χ0v) is 18.2. The largest absolute Gasteiger partial charge is 0.494 e. The smallest absolute Gasteiger partial charge is 0.258 e. The first kappa shape index (κ1) is 22.4. The van der Waals surface area contributed by atoms with Gasteiger partial charge in [0.2, 0.25) is 5.88 Å². The molecule has 7 nitrogen and oxygen atoms in total. The SMILES string of the molecule is CCOc1ccc(-c2ccc(OCCNC(=O)COc3cc(C)ccc3Cl)nn2)cc1. The summed E-state index contributed by atoms with van der Waals surface area (Å²) in [6.07, 6.45) is 0. The van der Waals surface area contributed by atoms with Gasteiger partial charge in [-0.25, -0.2) is 0 Å². The van der Waals surface area contributed by atoms with Crippen molar-refractivity contribution in [2.75, 3.05) is 26.4 Å². The zero-order chi connectivity index (χ0) is 22.1. The molecule has 0 fully saturated rings. The number of carbonyl (C=O) groups excluding carboxylic acids is 1. The van der Waals surface area contributed by atoms with Crippen molar-refractivity contribution in [3.05, 3.63) is 65.2 Å². The summed E-state index contributed by atoms with van der Waals surface area (Å²) in [5, 5.41) is 11.4. The molecule has 0 saturated heterocycles. The highest BCUT2D eigenvalue weighted by Crippen LogP contribution is 2.25. The highest BCUT2D eigenvalue weighted by molar-refractivity contribution is 6.32. The summed E-state index contributed by atoms with van der Waals surface area (Å²) in [5.41, 5.74) is 2.67. The van der Waals surface area contributed by atoms with E-state index in [1.165, 1.54) is 0 Å². The number of halogens is 1. The number of rotatable bonds is 10. The number of aryl methyl sites for hydroxylation is 1. The Hall–Kier alpha value is -3.32. The van der Waals surface area contributed by atoms with Gasteiger partial charge in [0.05, 0.1) is 23.9 Å². The molecule has 162 valence electrons. The minimum absolute atomic E-state index is 0.125. The molecule has 0 spiro atoms. The lowest BCUT2D eigenvalue weighted by Crippen LogP contribution is -2.32. The van der Waals surface area contributed by atoms with Crippen LogP contribution in [-0.4, -0.2) is 42.5 Å². The second kappa shape index (κ2) is 11.2. The van der Waals surface area contributed by atoms with Gasteiger partial charge in [-0.05, 0) is 61.9 Å². The first-order valence-electron chi connectivity index (χ1n) is 9.90. The quantitative estimate of drug-likeness (QED) is 0.477. The Morgan fingerprint density at radius 2 is 1.81 bits per heavy atom. The standard InChI is InChI=1S/C23H24ClN3O4/c1-3-29-18-7-5-17(6-8-18)20-10-11-23(27-26-20)30-13-12-25-22(28)15-31-21-14-16(2)4-9-19(21)24/h4-11,14H,3,12-13,15H2,1-2H3,(H,25,28). The van der Waals surface area contributed by atoms with Crippen LogP contribution in [0.3, 0.4) is 0 Å². The van der Waals surface area contributed by atoms with Crippen LogP contribution in [0.4, 0.5) is 0 Å². The maximum Gasteiger partial charge on any atom is 0.258 e. The molecule has 0 aliphatic heterocycles. The summed E-state index contributed by atoms with van der Waals surface area (Å²) in [6, 6.07) is 16.6. The molecule has 0 aliphatic rings. The zero-order valence-electron chi connectivity index (χ0n) is 17.4. The molecule has 31 heavy (non-hydrogen) atoms. The Morgan fingerprint density at radius 1 is 1.00 bits per heavy atom. The van der Waals surface area contributed by atoms with Gasteiger partial charge in [0, 0.05) is 11.6 Å². The summed E-state index contributed by atoms with van der Waals surface area (Å²) < 4.78 is 16.4. The number of hydrogen-bond acceptors (Lipinski definition) is 6. The van der Waals surface area contributed by atoms with E-state index in [4.69, 9.17) is 25.8 Å². The van der Waals surface area contributed by atoms with Crippen LogP contribution in [0.15, 0.2) is 54.6 Å². The van der Waals surface area contributed by atoms with Gasteiger partial charge in [-0.3, -0.25) is 4.79 Å². The van der Waals surface area contributed by atoms with E-state index >= 15 is 0 Å². The molecule has 2 aromatic carbocycles. The minimum Gasteiger partial charge on any atom is -0.494 e. The maximum absolute atomic E-state index is 11.9. The lowest BCUT2D eigenvalue weighted by Gasteiger charge is -2.10. The molecule has 1 heterocycles. The van der Waals surface area contributed by atoms with E-state index in [9.17, 15) is 4.79 Å². The van der Waals surface area contributed by atoms with Crippen molar-refractivity contribution in [3.8, 4) is 28.6 Å². The number of ether oxygens (including phenoxy) is 3. The summed E-state index contributed by atoms with van der Waals surface area (Å²) in [5.74, 6) is 1.41. The molecule has 3 rings (SSSR count). The van der Waals surface area contributed by atoms with E-state index < -0.39 is 0 Å². The lowest BCUT2D eigenvalue weighted by atomic mass is 10.1. The van der Waals surface area contributed by atoms with Crippen molar-refractivity contribution in [2.45, 2.75) is 13.8 Å². The van der Waals surface area contributed by atoms with E-state index in [0.717, 1.165) is 22.6 Å². The minimum atomic E-state index is -0.266. The molecule has 8 heteroatoms. The van der Waals surface area contributed by atoms with Gasteiger partial charge in [-0.2, -0.15) is 0 Å². The van der Waals surface area contributed by atoms with Crippen molar-refractivity contribution >= 4 is 17.5 Å². The Labute approximate surface area is 186 Å². The molecule has 0 radical (unpaired) electrons. The van der Waals surface area contributed by atoms with Crippen molar-refractivity contribution in [2.24, 2.45) is 0 Å². The Morgan fingerprint density at radius 3 is 2.52 bits per heavy atom. The molecule has 1 aromatic heterocycles. The van der Waals surface area contributed by atoms with Crippen molar-refractivity contribution < 1.29 is 19.0 Å². The molecule has 0 bridgehead atoms. The van der Waals surface area contributed by atoms with Crippen molar-refractivity contribution in [1.29, 1.82) is 0 Å². The van der Waals surface area contributed by atoms with Crippen LogP contribution in [0.2, 0.25) is 5.02 Å². The van der Waals surface area contributed by atoms with Crippen molar-refractivity contribution in [1.82, 2.24) is 15.5 Å². The number of aromatic nitrogens is 2. The third kappa shape index (κ3) is 6.86. The van der Waals surface area contributed by atoms with Crippen LogP contribution in [0.25, 0.3) is 11.3 Å². The Bertz CT molecular complexity index is 995. The molecular weight excluding hydrogens is 418 g/mol. The highest BCUT2D eigenvalue weighted by atomic mass is 35.5. The predicted molar refractivity (Wildman–Crippen MR) is 119 cm³/mol. The van der Waals surface area contributed by atoms with E-state index in [1.807, 2.05) is 50.2 Å². The van der Waals surface area contributed by atoms with Gasteiger partial charge in [-0.1, -0.05) is 17.7 Å². The third-order valence-corrected chi connectivity index (χ3v) is 4.53. The van der Waals surface area contributed by atoms with Gasteiger partial charge < -0.3 is 19.5 Å². The summed E-state index contributed by atoms with van der Waals surface area (Å²) in [7, 11) is 0. The fourth-order valence-electron chi connectivity index (χ4n) is 2.70. The highest BCUT2D eigenvalue weighted by Gasteiger charge is 2.07. The van der Waals surface area contributed by atoms with Crippen LogP contribution in [0.1, 0.15) is 12.5 Å². The summed E-state index contributed by atoms with van der Waals surface area (Å²) in [6.45, 7) is 4.94. The van der Waals surface area contributed by atoms with Crippen LogP contribution in [0.5, 0.6) is 17.4 Å². The maximum atomic E-state index is 11.9. The fraction of sp³-hybridized carbons (Fsp3) is 0.261. The van der Waals surface area contributed by atoms with Gasteiger partial charge in [0.25, 0.3) is 5.91 Å². The topological polar surface area (TPSA) is 82.6 Å². The van der Waals surface area contributed by atoms with E-state index in [1.54, 1.807) is 18.2 Å². The first-order chi connectivity index (χ1) is 15.0. The molecule has 0 aliphatic carbocycles. The predicted octanol–water partition coefficient (Wildman–Crippen LogP) is 4.08. The van der Waals surface area contributed by atoms with E-state index in [0.29, 0.717) is 29.8 Å². The Balaban J connectivity index is 1.39. The third-order valence-electron chi connectivity index (χ3n) is 4.22. The number of nitrogens with one attached hydrogen (secondary N) is 1. The number of carbonyl (C=O) groups is 1. The molecule has 1 N–H and O–H groups in total. The molecule has 1 amide bonds. The average molecular weight is 442 g/mol. The summed E-state index contributed by atoms with van der Waals surface area (Å²) in [4.78, 5) is 11.9. The van der Waals surface area contributed by atoms with Gasteiger partial charge in [0.15, 0.2) is 6.61 Å². The second-order valence-electron chi connectivity index (χ2n) is 6.64. The number of nitrogens with zero attached hydrogens (tertiary/aromatic N) is 2. The molecule has 0 atom stereocenters. The monoisotopic (exact) mass is 441 g/mol. The van der Waals surface area contributed by atoms with Crippen molar-refractivity contribution in [3.63, 3.8) is 0 Å². The van der Waals surface area contributed by atoms with E-state index in [-0.39, 0.29) is 19.1 Å². The number of amides is 1. The molecule has 0 unspecified atom stereocenters. The number of benzene rings is 2. The first-order valence-corrected chi connectivity index (χ1v) is 10.3. The van der Waals surface area contributed by atoms with Gasteiger partial charge >= 0.3 is 0 Å². The normalized spacial score (nSPS) is 10.4. The van der Waals surface area contributed by atoms with Crippen LogP contribution in [-0.2, 0) is 4.79 Å². The average Bonchev–Trinajstić information content (AvgIpc) is 2.78. The Kier molecular flexibility index (Phi) is 8.06. The number of hydrogen-bond donors (Lipinski definition) is 1. The second-order valence-corrected chi connectivity index (χ2v) is 7.04. The van der Waals surface area contributed by atoms with Crippen LogP contribution < -0.4 is 19.5 Å². The molecule has 0 saturated carbocycles. The lowest BCUT2D eigenvalue weighted by molar-refractivity contribution is -0.123. The van der Waals surface area contributed by atoms with Crippen LogP contribution >= 0.6 is 11.6 Å². The summed E-state index contributed by atoms with van der Waals surface area (Å²) >= 11 is 6.05. The fourth-order valence-corrected chi connectivity index (χ4v) is 2.87. The molecular formula is C23H24ClN3O4. The van der Waals surface area contributed by atoms with E-state index in [2.05, 4.69) is 15.5 Å².